The van der Waals surface area contributed by atoms with Crippen molar-refractivity contribution in [1.82, 2.24) is 10.2 Å². The Morgan fingerprint density at radius 1 is 0.780 bits per heavy atom. The topological polar surface area (TPSA) is 67.9 Å². The summed E-state index contributed by atoms with van der Waals surface area (Å²) in [6.45, 7) is 4.73. The van der Waals surface area contributed by atoms with E-state index in [1.165, 1.54) is 12.8 Å². The summed E-state index contributed by atoms with van der Waals surface area (Å²) in [4.78, 5) is 1.24. The van der Waals surface area contributed by atoms with Gasteiger partial charge in [0.1, 0.15) is 24.7 Å². The largest absolute Gasteiger partial charge is 0.492 e. The summed E-state index contributed by atoms with van der Waals surface area (Å²) in [7, 11) is -3.90. The van der Waals surface area contributed by atoms with Crippen LogP contribution in [0.5, 0.6) is 11.5 Å². The van der Waals surface area contributed by atoms with Crippen molar-refractivity contribution in [3.05, 3.63) is 125 Å². The van der Waals surface area contributed by atoms with Crippen LogP contribution in [0.2, 0.25) is 0 Å². The normalized spacial score (nSPS) is 19.0. The van der Waals surface area contributed by atoms with E-state index >= 15 is 0 Å². The molecule has 1 fully saturated rings. The average Bonchev–Trinajstić information content (AvgIpc) is 3.54. The molecule has 1 N–H and O–H groups in total. The van der Waals surface area contributed by atoms with Gasteiger partial charge >= 0.3 is 0 Å². The Kier molecular flexibility index (Phi) is 8.10. The van der Waals surface area contributed by atoms with E-state index in [0.717, 1.165) is 47.8 Å². The quantitative estimate of drug-likeness (QED) is 0.270. The molecule has 1 atom stereocenters. The van der Waals surface area contributed by atoms with Crippen molar-refractivity contribution in [2.75, 3.05) is 32.8 Å². The monoisotopic (exact) mass is 568 g/mol. The standard InChI is InChI=1S/C34H36N2O4S/c37-41(38,32-11-5-2-6-12-32)34(29-13-15-30(16-14-29)39-24-23-36-21-7-8-22-36)33-18-17-31(25-28(33)19-20-35-34)40-26-27-9-3-1-4-10-27/h1-6,9-18,25,35H,7-8,19-24,26H2. The van der Waals surface area contributed by atoms with Crippen LogP contribution < -0.4 is 14.8 Å². The first-order valence-corrected chi connectivity index (χ1v) is 15.9. The Labute approximate surface area is 242 Å². The Morgan fingerprint density at radius 2 is 1.46 bits per heavy atom. The molecular weight excluding hydrogens is 532 g/mol. The fraction of sp³-hybridized carbons (Fsp3) is 0.294. The van der Waals surface area contributed by atoms with Gasteiger partial charge in [0.25, 0.3) is 0 Å². The average molecular weight is 569 g/mol. The molecule has 6 rings (SSSR count). The molecule has 212 valence electrons. The molecular formula is C34H36N2O4S. The number of ether oxygens (including phenoxy) is 2. The molecule has 0 bridgehead atoms. The lowest BCUT2D eigenvalue weighted by molar-refractivity contribution is 0.237. The molecule has 2 aliphatic rings. The summed E-state index contributed by atoms with van der Waals surface area (Å²) in [5.41, 5.74) is 3.42. The van der Waals surface area contributed by atoms with Gasteiger partial charge in [-0.2, -0.15) is 0 Å². The number of benzene rings is 4. The molecule has 4 aromatic rings. The first-order valence-electron chi connectivity index (χ1n) is 14.4. The van der Waals surface area contributed by atoms with Crippen LogP contribution in [-0.4, -0.2) is 46.1 Å². The maximum Gasteiger partial charge on any atom is 0.205 e. The van der Waals surface area contributed by atoms with E-state index in [1.807, 2.05) is 78.9 Å². The van der Waals surface area contributed by atoms with E-state index in [2.05, 4.69) is 10.2 Å². The van der Waals surface area contributed by atoms with Gasteiger partial charge in [0.2, 0.25) is 9.84 Å². The third kappa shape index (κ3) is 5.62. The van der Waals surface area contributed by atoms with Crippen molar-refractivity contribution < 1.29 is 17.9 Å². The summed E-state index contributed by atoms with van der Waals surface area (Å²) >= 11 is 0. The number of sulfone groups is 1. The summed E-state index contributed by atoms with van der Waals surface area (Å²) < 4.78 is 41.2. The molecule has 0 spiro atoms. The van der Waals surface area contributed by atoms with Crippen LogP contribution in [0, 0.1) is 0 Å². The van der Waals surface area contributed by atoms with Crippen LogP contribution in [-0.2, 0) is 27.7 Å². The van der Waals surface area contributed by atoms with Crippen molar-refractivity contribution in [1.29, 1.82) is 0 Å². The fourth-order valence-corrected chi connectivity index (χ4v) is 8.03. The first kappa shape index (κ1) is 27.5. The zero-order valence-corrected chi connectivity index (χ0v) is 24.0. The molecule has 4 aromatic carbocycles. The smallest absolute Gasteiger partial charge is 0.205 e. The van der Waals surface area contributed by atoms with Crippen LogP contribution in [0.4, 0.5) is 0 Å². The minimum absolute atomic E-state index is 0.274. The highest BCUT2D eigenvalue weighted by atomic mass is 32.2. The summed E-state index contributed by atoms with van der Waals surface area (Å²) in [6.07, 6.45) is 3.20. The zero-order valence-electron chi connectivity index (χ0n) is 23.2. The van der Waals surface area contributed by atoms with Gasteiger partial charge in [-0.25, -0.2) is 8.42 Å². The Morgan fingerprint density at radius 3 is 2.20 bits per heavy atom. The van der Waals surface area contributed by atoms with Gasteiger partial charge in [-0.1, -0.05) is 66.7 Å². The van der Waals surface area contributed by atoms with Crippen molar-refractivity contribution in [2.24, 2.45) is 0 Å². The molecule has 7 heteroatoms. The molecule has 2 aliphatic heterocycles. The number of nitrogens with zero attached hydrogens (tertiary/aromatic N) is 1. The highest BCUT2D eigenvalue weighted by Gasteiger charge is 2.50. The highest BCUT2D eigenvalue weighted by Crippen LogP contribution is 2.44. The Hall–Kier alpha value is -3.65. The van der Waals surface area contributed by atoms with Crippen LogP contribution in [0.25, 0.3) is 0 Å². The molecule has 2 heterocycles. The van der Waals surface area contributed by atoms with Gasteiger partial charge in [0.05, 0.1) is 4.90 Å². The van der Waals surface area contributed by atoms with Crippen molar-refractivity contribution in [3.8, 4) is 11.5 Å². The molecule has 0 amide bonds. The molecule has 0 radical (unpaired) electrons. The van der Waals surface area contributed by atoms with E-state index in [9.17, 15) is 8.42 Å². The molecule has 1 unspecified atom stereocenters. The number of rotatable bonds is 10. The lowest BCUT2D eigenvalue weighted by Crippen LogP contribution is -2.53. The van der Waals surface area contributed by atoms with E-state index in [0.29, 0.717) is 31.7 Å². The van der Waals surface area contributed by atoms with Crippen LogP contribution >= 0.6 is 0 Å². The molecule has 0 aromatic heterocycles. The van der Waals surface area contributed by atoms with Gasteiger partial charge in [-0.15, -0.1) is 0 Å². The minimum atomic E-state index is -3.90. The Bertz CT molecular complexity index is 1550. The maximum absolute atomic E-state index is 14.5. The summed E-state index contributed by atoms with van der Waals surface area (Å²) in [5.74, 6) is 1.46. The molecule has 1 saturated heterocycles. The third-order valence-corrected chi connectivity index (χ3v) is 10.4. The number of fused-ring (bicyclic) bond motifs is 1. The molecule has 6 nitrogen and oxygen atoms in total. The molecule has 0 aliphatic carbocycles. The van der Waals surface area contributed by atoms with Crippen LogP contribution in [0.3, 0.4) is 0 Å². The number of nitrogens with one attached hydrogen (secondary N) is 1. The lowest BCUT2D eigenvalue weighted by atomic mass is 9.89. The van der Waals surface area contributed by atoms with E-state index < -0.39 is 14.7 Å². The SMILES string of the molecule is O=S(=O)(c1ccccc1)C1(c2ccc(OCCN3CCCC3)cc2)NCCc2cc(OCc3ccccc3)ccc21. The van der Waals surface area contributed by atoms with Gasteiger partial charge in [0.15, 0.2) is 4.87 Å². The van der Waals surface area contributed by atoms with Gasteiger partial charge < -0.3 is 9.47 Å². The number of hydrogen-bond acceptors (Lipinski definition) is 6. The second-order valence-corrected chi connectivity index (χ2v) is 12.8. The lowest BCUT2D eigenvalue weighted by Gasteiger charge is -2.40. The van der Waals surface area contributed by atoms with Crippen molar-refractivity contribution in [3.63, 3.8) is 0 Å². The fourth-order valence-electron chi connectivity index (χ4n) is 5.93. The first-order chi connectivity index (χ1) is 20.1. The molecule has 41 heavy (non-hydrogen) atoms. The van der Waals surface area contributed by atoms with Crippen LogP contribution in [0.1, 0.15) is 35.1 Å². The van der Waals surface area contributed by atoms with Gasteiger partial charge in [0, 0.05) is 13.1 Å². The van der Waals surface area contributed by atoms with E-state index in [-0.39, 0.29) is 4.90 Å². The number of likely N-dealkylation sites (tertiary alicyclic amines) is 1. The van der Waals surface area contributed by atoms with E-state index in [4.69, 9.17) is 9.47 Å². The van der Waals surface area contributed by atoms with Crippen molar-refractivity contribution >= 4 is 9.84 Å². The van der Waals surface area contributed by atoms with Crippen molar-refractivity contribution in [2.45, 2.75) is 35.6 Å². The second-order valence-electron chi connectivity index (χ2n) is 10.7. The van der Waals surface area contributed by atoms with Gasteiger partial charge in [-0.3, -0.25) is 10.2 Å². The van der Waals surface area contributed by atoms with Gasteiger partial charge in [-0.05, 0) is 91.0 Å². The Balaban J connectivity index is 1.33. The minimum Gasteiger partial charge on any atom is -0.492 e. The second kappa shape index (κ2) is 12.1. The number of hydrogen-bond donors (Lipinski definition) is 1. The third-order valence-electron chi connectivity index (χ3n) is 8.06. The maximum atomic E-state index is 14.5. The predicted molar refractivity (Wildman–Crippen MR) is 161 cm³/mol. The predicted octanol–water partition coefficient (Wildman–Crippen LogP) is 5.56. The zero-order chi connectivity index (χ0) is 28.1. The summed E-state index contributed by atoms with van der Waals surface area (Å²) in [5, 5.41) is 3.44. The summed E-state index contributed by atoms with van der Waals surface area (Å²) in [6, 6.07) is 32.0. The van der Waals surface area contributed by atoms with E-state index in [1.54, 1.807) is 24.3 Å². The molecule has 0 saturated carbocycles. The van der Waals surface area contributed by atoms with Crippen LogP contribution in [0.15, 0.2) is 108 Å². The highest BCUT2D eigenvalue weighted by molar-refractivity contribution is 7.92.